The number of halogens is 1. The summed E-state index contributed by atoms with van der Waals surface area (Å²) < 4.78 is 13.3. The van der Waals surface area contributed by atoms with Crippen molar-refractivity contribution in [3.8, 4) is 22.5 Å². The van der Waals surface area contributed by atoms with Gasteiger partial charge in [-0.25, -0.2) is 19.3 Å². The van der Waals surface area contributed by atoms with Crippen molar-refractivity contribution in [1.82, 2.24) is 30.5 Å². The van der Waals surface area contributed by atoms with E-state index >= 15 is 0 Å². The van der Waals surface area contributed by atoms with Crippen molar-refractivity contribution in [1.29, 1.82) is 0 Å². The van der Waals surface area contributed by atoms with E-state index in [4.69, 9.17) is 0 Å². The van der Waals surface area contributed by atoms with Gasteiger partial charge in [0.1, 0.15) is 11.6 Å². The van der Waals surface area contributed by atoms with Gasteiger partial charge in [0.25, 0.3) is 0 Å². The molecule has 3 N–H and O–H groups in total. The average Bonchev–Trinajstić information content (AvgIpc) is 3.31. The first-order chi connectivity index (χ1) is 15.3. The zero-order valence-electron chi connectivity index (χ0n) is 16.7. The number of rotatable bonds is 5. The highest BCUT2D eigenvalue weighted by molar-refractivity contribution is 5.78. The van der Waals surface area contributed by atoms with Crippen LogP contribution in [0.5, 0.6) is 0 Å². The van der Waals surface area contributed by atoms with Crippen LogP contribution >= 0.6 is 0 Å². The van der Waals surface area contributed by atoms with Crippen molar-refractivity contribution >= 4 is 17.5 Å². The number of aromatic nitrogens is 5. The van der Waals surface area contributed by atoms with Crippen molar-refractivity contribution in [3.05, 3.63) is 66.9 Å². The monoisotopic (exact) mass is 416 g/mol. The van der Waals surface area contributed by atoms with E-state index in [1.165, 1.54) is 12.1 Å². The molecule has 4 aromatic rings. The predicted octanol–water partition coefficient (Wildman–Crippen LogP) is 3.22. The fourth-order valence-electron chi connectivity index (χ4n) is 3.57. The molecule has 4 heterocycles. The van der Waals surface area contributed by atoms with Crippen molar-refractivity contribution in [2.24, 2.45) is 0 Å². The quantitative estimate of drug-likeness (QED) is 0.460. The van der Waals surface area contributed by atoms with Gasteiger partial charge >= 0.3 is 0 Å². The first-order valence-corrected chi connectivity index (χ1v) is 10.1. The van der Waals surface area contributed by atoms with E-state index in [0.29, 0.717) is 17.5 Å². The molecule has 0 spiro atoms. The molecule has 8 nitrogen and oxygen atoms in total. The molecule has 0 radical (unpaired) electrons. The van der Waals surface area contributed by atoms with Crippen molar-refractivity contribution in [2.75, 3.05) is 36.4 Å². The Kier molecular flexibility index (Phi) is 5.24. The Morgan fingerprint density at radius 1 is 0.935 bits per heavy atom. The van der Waals surface area contributed by atoms with E-state index in [9.17, 15) is 4.39 Å². The lowest BCUT2D eigenvalue weighted by molar-refractivity contribution is 0.589. The number of nitrogens with one attached hydrogen (secondary N) is 3. The summed E-state index contributed by atoms with van der Waals surface area (Å²) in [6.07, 6.45) is 5.24. The van der Waals surface area contributed by atoms with Gasteiger partial charge in [0.15, 0.2) is 0 Å². The number of hydrogen-bond acceptors (Lipinski definition) is 7. The van der Waals surface area contributed by atoms with Crippen molar-refractivity contribution < 1.29 is 4.39 Å². The summed E-state index contributed by atoms with van der Waals surface area (Å²) in [5.74, 6) is 0.821. The third kappa shape index (κ3) is 4.22. The number of pyridine rings is 1. The molecule has 0 bridgehead atoms. The highest BCUT2D eigenvalue weighted by Gasteiger charge is 2.13. The second-order valence-electron chi connectivity index (χ2n) is 7.19. The number of anilines is 3. The van der Waals surface area contributed by atoms with Gasteiger partial charge in [-0.3, -0.25) is 5.10 Å². The summed E-state index contributed by atoms with van der Waals surface area (Å²) in [5.41, 5.74) is 4.20. The second kappa shape index (κ2) is 8.49. The lowest BCUT2D eigenvalue weighted by atomic mass is 10.1. The van der Waals surface area contributed by atoms with Crippen LogP contribution in [0.15, 0.2) is 61.1 Å². The van der Waals surface area contributed by atoms with Gasteiger partial charge in [-0.05, 0) is 42.5 Å². The molecule has 1 fully saturated rings. The molecule has 31 heavy (non-hydrogen) atoms. The largest absolute Gasteiger partial charge is 0.368 e. The van der Waals surface area contributed by atoms with E-state index in [-0.39, 0.29) is 5.82 Å². The Morgan fingerprint density at radius 2 is 1.77 bits per heavy atom. The van der Waals surface area contributed by atoms with Crippen LogP contribution in [0.4, 0.5) is 21.8 Å². The Morgan fingerprint density at radius 3 is 2.55 bits per heavy atom. The Bertz CT molecular complexity index is 1150. The summed E-state index contributed by atoms with van der Waals surface area (Å²) in [4.78, 5) is 15.7. The molecular formula is C22H21FN8. The summed E-state index contributed by atoms with van der Waals surface area (Å²) in [7, 11) is 0. The van der Waals surface area contributed by atoms with Crippen LogP contribution < -0.4 is 15.5 Å². The number of piperazine rings is 1. The van der Waals surface area contributed by atoms with Gasteiger partial charge in [-0.1, -0.05) is 0 Å². The topological polar surface area (TPSA) is 94.7 Å². The zero-order chi connectivity index (χ0) is 21.0. The molecule has 9 heteroatoms. The summed E-state index contributed by atoms with van der Waals surface area (Å²) in [6.45, 7) is 3.91. The minimum atomic E-state index is -0.284. The highest BCUT2D eigenvalue weighted by Crippen LogP contribution is 2.29. The van der Waals surface area contributed by atoms with Crippen LogP contribution in [0.3, 0.4) is 0 Å². The lowest BCUT2D eigenvalue weighted by Gasteiger charge is -2.29. The van der Waals surface area contributed by atoms with Crippen LogP contribution in [-0.4, -0.2) is 51.3 Å². The average molecular weight is 416 g/mol. The minimum absolute atomic E-state index is 0.284. The molecule has 1 aliphatic heterocycles. The van der Waals surface area contributed by atoms with Crippen LogP contribution in [0, 0.1) is 5.82 Å². The maximum atomic E-state index is 13.3. The third-order valence-corrected chi connectivity index (χ3v) is 5.17. The van der Waals surface area contributed by atoms with Gasteiger partial charge < -0.3 is 15.5 Å². The van der Waals surface area contributed by atoms with E-state index in [2.05, 4.69) is 40.7 Å². The SMILES string of the molecule is Fc1ccc(-c2[nH]ncc2-c2ccnc(Nc3ccc(N4CCNCC4)cn3)n2)cc1. The minimum Gasteiger partial charge on any atom is -0.368 e. The predicted molar refractivity (Wildman–Crippen MR) is 118 cm³/mol. The van der Waals surface area contributed by atoms with Gasteiger partial charge in [-0.2, -0.15) is 5.10 Å². The second-order valence-corrected chi connectivity index (χ2v) is 7.19. The van der Waals surface area contributed by atoms with Gasteiger partial charge in [0.2, 0.25) is 5.95 Å². The number of benzene rings is 1. The highest BCUT2D eigenvalue weighted by atomic mass is 19.1. The molecule has 1 saturated heterocycles. The van der Waals surface area contributed by atoms with E-state index in [1.54, 1.807) is 24.5 Å². The number of nitrogens with zero attached hydrogens (tertiary/aromatic N) is 5. The first kappa shape index (κ1) is 19.1. The van der Waals surface area contributed by atoms with Crippen LogP contribution in [0.1, 0.15) is 0 Å². The van der Waals surface area contributed by atoms with Crippen LogP contribution in [0.25, 0.3) is 22.5 Å². The smallest absolute Gasteiger partial charge is 0.228 e. The number of hydrogen-bond donors (Lipinski definition) is 3. The Balaban J connectivity index is 1.35. The first-order valence-electron chi connectivity index (χ1n) is 10.1. The molecule has 1 aromatic carbocycles. The maximum absolute atomic E-state index is 13.3. The molecule has 0 aliphatic carbocycles. The van der Waals surface area contributed by atoms with Gasteiger partial charge in [0.05, 0.1) is 29.5 Å². The van der Waals surface area contributed by atoms with Crippen molar-refractivity contribution in [3.63, 3.8) is 0 Å². The molecule has 3 aromatic heterocycles. The normalized spacial score (nSPS) is 13.9. The maximum Gasteiger partial charge on any atom is 0.228 e. The summed E-state index contributed by atoms with van der Waals surface area (Å²) in [6, 6.07) is 12.0. The molecule has 1 aliphatic rings. The summed E-state index contributed by atoms with van der Waals surface area (Å²) in [5, 5.41) is 13.6. The van der Waals surface area contributed by atoms with E-state index in [0.717, 1.165) is 48.7 Å². The Labute approximate surface area is 178 Å². The molecule has 0 saturated carbocycles. The fourth-order valence-corrected chi connectivity index (χ4v) is 3.57. The zero-order valence-corrected chi connectivity index (χ0v) is 16.7. The molecule has 0 unspecified atom stereocenters. The number of aromatic amines is 1. The molecule has 156 valence electrons. The van der Waals surface area contributed by atoms with E-state index in [1.807, 2.05) is 24.4 Å². The standard InChI is InChI=1S/C22H21FN8/c23-16-3-1-15(2-4-16)21-18(14-27-30-21)19-7-8-25-22(28-19)29-20-6-5-17(13-26-20)31-11-9-24-10-12-31/h1-8,13-14,24H,9-12H2,(H,27,30)(H,25,26,28,29). The number of H-pyrrole nitrogens is 1. The van der Waals surface area contributed by atoms with Crippen molar-refractivity contribution in [2.45, 2.75) is 0 Å². The molecule has 0 atom stereocenters. The molecular weight excluding hydrogens is 395 g/mol. The summed E-state index contributed by atoms with van der Waals surface area (Å²) >= 11 is 0. The van der Waals surface area contributed by atoms with Crippen LogP contribution in [-0.2, 0) is 0 Å². The fraction of sp³-hybridized carbons (Fsp3) is 0.182. The lowest BCUT2D eigenvalue weighted by Crippen LogP contribution is -2.43. The Hall–Kier alpha value is -3.85. The van der Waals surface area contributed by atoms with Crippen LogP contribution in [0.2, 0.25) is 0 Å². The molecule has 0 amide bonds. The van der Waals surface area contributed by atoms with E-state index < -0.39 is 0 Å². The van der Waals surface area contributed by atoms with Gasteiger partial charge in [0, 0.05) is 43.5 Å². The van der Waals surface area contributed by atoms with Gasteiger partial charge in [-0.15, -0.1) is 0 Å². The third-order valence-electron chi connectivity index (χ3n) is 5.17. The molecule has 5 rings (SSSR count).